The lowest BCUT2D eigenvalue weighted by Crippen LogP contribution is -1.97. The Morgan fingerprint density at radius 1 is 0.436 bits per heavy atom. The Hall–Kier alpha value is -2.74. The lowest BCUT2D eigenvalue weighted by molar-refractivity contribution is 0.304. The normalized spacial score (nSPS) is 11.1. The van der Waals surface area contributed by atoms with E-state index in [0.29, 0.717) is 0 Å². The van der Waals surface area contributed by atoms with Crippen LogP contribution in [-0.4, -0.2) is 13.2 Å². The molecule has 3 aromatic rings. The lowest BCUT2D eigenvalue weighted by Gasteiger charge is -2.12. The molecule has 0 atom stereocenters. The van der Waals surface area contributed by atoms with Crippen molar-refractivity contribution in [2.24, 2.45) is 0 Å². The van der Waals surface area contributed by atoms with Crippen molar-refractivity contribution in [2.75, 3.05) is 13.2 Å². The summed E-state index contributed by atoms with van der Waals surface area (Å²) >= 11 is 0. The molecular weight excluding hydrogens is 476 g/mol. The highest BCUT2D eigenvalue weighted by molar-refractivity contribution is 5.74. The van der Waals surface area contributed by atoms with E-state index in [1.807, 2.05) is 0 Å². The Balaban J connectivity index is 1.42. The second kappa shape index (κ2) is 18.5. The molecule has 0 fully saturated rings. The molecule has 2 heteroatoms. The molecule has 0 aliphatic carbocycles. The zero-order valence-corrected chi connectivity index (χ0v) is 25.0. The summed E-state index contributed by atoms with van der Waals surface area (Å²) in [6.45, 7) is 8.35. The summed E-state index contributed by atoms with van der Waals surface area (Å²) in [5.74, 6) is 1.93. The lowest BCUT2D eigenvalue weighted by atomic mass is 9.96. The maximum absolute atomic E-state index is 5.99. The summed E-state index contributed by atoms with van der Waals surface area (Å²) < 4.78 is 12.0. The van der Waals surface area contributed by atoms with Crippen LogP contribution in [-0.2, 0) is 0 Å². The average Bonchev–Trinajstić information content (AvgIpc) is 2.96. The van der Waals surface area contributed by atoms with Gasteiger partial charge in [-0.1, -0.05) is 133 Å². The molecule has 0 aromatic heterocycles. The minimum atomic E-state index is 0.809. The average molecular weight is 529 g/mol. The Morgan fingerprint density at radius 3 is 1.31 bits per heavy atom. The van der Waals surface area contributed by atoms with E-state index < -0.39 is 0 Å². The molecule has 0 saturated carbocycles. The minimum absolute atomic E-state index is 0.809. The number of hydrogen-bond donors (Lipinski definition) is 0. The van der Waals surface area contributed by atoms with Crippen LogP contribution >= 0.6 is 0 Å². The molecule has 2 nitrogen and oxygen atoms in total. The molecule has 0 heterocycles. The second-order valence-electron chi connectivity index (χ2n) is 11.0. The van der Waals surface area contributed by atoms with Crippen LogP contribution in [0.4, 0.5) is 0 Å². The monoisotopic (exact) mass is 528 g/mol. The maximum atomic E-state index is 5.99. The molecule has 0 amide bonds. The fraction of sp³-hybridized carbons (Fsp3) is 0.514. The van der Waals surface area contributed by atoms with Crippen molar-refractivity contribution in [3.63, 3.8) is 0 Å². The molecule has 0 bridgehead atoms. The van der Waals surface area contributed by atoms with Gasteiger partial charge in [-0.3, -0.25) is 0 Å². The van der Waals surface area contributed by atoms with Crippen molar-refractivity contribution in [2.45, 2.75) is 111 Å². The van der Waals surface area contributed by atoms with E-state index in [-0.39, 0.29) is 0 Å². The van der Waals surface area contributed by atoms with Crippen LogP contribution in [0.15, 0.2) is 66.7 Å². The van der Waals surface area contributed by atoms with Gasteiger partial charge in [0, 0.05) is 0 Å². The van der Waals surface area contributed by atoms with Crippen LogP contribution in [0.25, 0.3) is 22.3 Å². The third kappa shape index (κ3) is 11.5. The van der Waals surface area contributed by atoms with Crippen molar-refractivity contribution in [1.29, 1.82) is 0 Å². The van der Waals surface area contributed by atoms with E-state index in [1.165, 1.54) is 105 Å². The fourth-order valence-electron chi connectivity index (χ4n) is 5.14. The molecule has 0 spiro atoms. The molecule has 0 saturated heterocycles. The van der Waals surface area contributed by atoms with Gasteiger partial charge in [-0.05, 0) is 71.8 Å². The summed E-state index contributed by atoms with van der Waals surface area (Å²) in [5, 5.41) is 0. The smallest absolute Gasteiger partial charge is 0.119 e. The number of aryl methyl sites for hydroxylation is 1. The zero-order valence-electron chi connectivity index (χ0n) is 25.0. The number of benzene rings is 3. The van der Waals surface area contributed by atoms with Crippen molar-refractivity contribution in [1.82, 2.24) is 0 Å². The molecule has 0 radical (unpaired) electrons. The number of rotatable bonds is 20. The topological polar surface area (TPSA) is 18.5 Å². The summed E-state index contributed by atoms with van der Waals surface area (Å²) in [4.78, 5) is 0. The van der Waals surface area contributed by atoms with Gasteiger partial charge in [-0.15, -0.1) is 0 Å². The first-order valence-corrected chi connectivity index (χ1v) is 15.8. The van der Waals surface area contributed by atoms with Gasteiger partial charge < -0.3 is 9.47 Å². The predicted octanol–water partition coefficient (Wildman–Crippen LogP) is 11.6. The molecule has 3 rings (SSSR count). The van der Waals surface area contributed by atoms with E-state index >= 15 is 0 Å². The van der Waals surface area contributed by atoms with Crippen LogP contribution in [0.1, 0.15) is 109 Å². The quantitative estimate of drug-likeness (QED) is 0.136. The van der Waals surface area contributed by atoms with Gasteiger partial charge in [-0.2, -0.15) is 0 Å². The Morgan fingerprint density at radius 2 is 0.846 bits per heavy atom. The Bertz CT molecular complexity index is 1040. The maximum Gasteiger partial charge on any atom is 0.119 e. The van der Waals surface area contributed by atoms with E-state index in [2.05, 4.69) is 87.5 Å². The molecule has 0 aliphatic rings. The summed E-state index contributed by atoms with van der Waals surface area (Å²) in [6, 6.07) is 23.9. The molecule has 39 heavy (non-hydrogen) atoms. The van der Waals surface area contributed by atoms with Gasteiger partial charge in [0.1, 0.15) is 11.5 Å². The molecule has 3 aromatic carbocycles. The van der Waals surface area contributed by atoms with Crippen LogP contribution in [0.3, 0.4) is 0 Å². The number of unbranched alkanes of at least 4 members (excludes halogenated alkanes) is 12. The zero-order chi connectivity index (χ0) is 27.5. The Labute approximate surface area is 239 Å². The third-order valence-electron chi connectivity index (χ3n) is 7.61. The van der Waals surface area contributed by atoms with E-state index in [0.717, 1.165) is 37.6 Å². The van der Waals surface area contributed by atoms with Crippen molar-refractivity contribution in [3.8, 4) is 33.8 Å². The van der Waals surface area contributed by atoms with Gasteiger partial charge in [0.2, 0.25) is 0 Å². The summed E-state index contributed by atoms with van der Waals surface area (Å²) in [5.41, 5.74) is 6.25. The van der Waals surface area contributed by atoms with E-state index in [9.17, 15) is 0 Å². The molecule has 0 unspecified atom stereocenters. The van der Waals surface area contributed by atoms with Gasteiger partial charge >= 0.3 is 0 Å². The van der Waals surface area contributed by atoms with Gasteiger partial charge in [0.05, 0.1) is 13.2 Å². The highest BCUT2D eigenvalue weighted by atomic mass is 16.5. The van der Waals surface area contributed by atoms with Crippen LogP contribution in [0.2, 0.25) is 0 Å². The Kier molecular flexibility index (Phi) is 14.6. The number of hydrogen-bond acceptors (Lipinski definition) is 2. The number of ether oxygens (including phenoxy) is 2. The first-order chi connectivity index (χ1) is 19.2. The first-order valence-electron chi connectivity index (χ1n) is 15.8. The first kappa shape index (κ1) is 30.8. The highest BCUT2D eigenvalue weighted by Crippen LogP contribution is 2.30. The third-order valence-corrected chi connectivity index (χ3v) is 7.61. The second-order valence-corrected chi connectivity index (χ2v) is 11.0. The molecular formula is C37H52O2. The van der Waals surface area contributed by atoms with Crippen molar-refractivity contribution >= 4 is 0 Å². The summed E-state index contributed by atoms with van der Waals surface area (Å²) in [7, 11) is 0. The van der Waals surface area contributed by atoms with Gasteiger partial charge in [0.25, 0.3) is 0 Å². The van der Waals surface area contributed by atoms with Crippen LogP contribution < -0.4 is 9.47 Å². The predicted molar refractivity (Wildman–Crippen MR) is 169 cm³/mol. The van der Waals surface area contributed by atoms with Crippen molar-refractivity contribution < 1.29 is 9.47 Å². The summed E-state index contributed by atoms with van der Waals surface area (Å²) in [6.07, 6.45) is 18.3. The minimum Gasteiger partial charge on any atom is -0.494 e. The van der Waals surface area contributed by atoms with E-state index in [1.54, 1.807) is 0 Å². The standard InChI is InChI=1S/C37H52O2/c1-4-6-8-10-12-14-16-28-38-35-23-18-32(19-24-35)34-22-27-37(31(3)30-34)33-20-25-36(26-21-33)39-29-17-15-13-11-9-7-5-2/h18-27,30H,4-17,28-29H2,1-3H3. The van der Waals surface area contributed by atoms with Crippen LogP contribution in [0.5, 0.6) is 11.5 Å². The molecule has 0 aliphatic heterocycles. The fourth-order valence-corrected chi connectivity index (χ4v) is 5.14. The largest absolute Gasteiger partial charge is 0.494 e. The van der Waals surface area contributed by atoms with Gasteiger partial charge in [0.15, 0.2) is 0 Å². The van der Waals surface area contributed by atoms with Crippen molar-refractivity contribution in [3.05, 3.63) is 72.3 Å². The molecule has 212 valence electrons. The SMILES string of the molecule is CCCCCCCCCOc1ccc(-c2ccc(-c3ccc(OCCCCCCCCC)cc3)c(C)c2)cc1. The highest BCUT2D eigenvalue weighted by Gasteiger charge is 2.06. The van der Waals surface area contributed by atoms with Gasteiger partial charge in [-0.25, -0.2) is 0 Å². The van der Waals surface area contributed by atoms with E-state index in [4.69, 9.17) is 9.47 Å². The van der Waals surface area contributed by atoms with Crippen LogP contribution in [0, 0.1) is 6.92 Å². The molecule has 0 N–H and O–H groups in total.